The molecule has 1 N–H and O–H groups in total. The number of nitrogens with one attached hydrogen (secondary N) is 1. The smallest absolute Gasteiger partial charge is 0.0465 e. The largest absolute Gasteiger partial charge is 0.313 e. The van der Waals surface area contributed by atoms with Crippen LogP contribution in [-0.2, 0) is 0 Å². The van der Waals surface area contributed by atoms with Gasteiger partial charge in [0, 0.05) is 15.5 Å². The van der Waals surface area contributed by atoms with Crippen molar-refractivity contribution in [1.82, 2.24) is 5.32 Å². The van der Waals surface area contributed by atoms with Gasteiger partial charge in [0.25, 0.3) is 0 Å². The van der Waals surface area contributed by atoms with Crippen LogP contribution in [0.2, 0.25) is 5.02 Å². The quantitative estimate of drug-likeness (QED) is 0.804. The van der Waals surface area contributed by atoms with Crippen molar-refractivity contribution in [2.45, 2.75) is 38.6 Å². The average Bonchev–Trinajstić information content (AvgIpc) is 2.35. The molecule has 0 amide bonds. The maximum absolute atomic E-state index is 6.38. The molecular formula is C15H21BrClN. The zero-order valence-electron chi connectivity index (χ0n) is 11.0. The van der Waals surface area contributed by atoms with Crippen molar-refractivity contribution in [2.24, 2.45) is 11.8 Å². The van der Waals surface area contributed by atoms with Gasteiger partial charge in [-0.3, -0.25) is 0 Å². The standard InChI is InChI=1S/C15H21BrClN/c1-10-3-5-11(6-4-10)15(18-2)13-8-7-12(16)9-14(13)17/h7-11,15,18H,3-6H2,1-2H3. The minimum atomic E-state index is 0.387. The summed E-state index contributed by atoms with van der Waals surface area (Å²) < 4.78 is 1.04. The van der Waals surface area contributed by atoms with E-state index < -0.39 is 0 Å². The Labute approximate surface area is 123 Å². The van der Waals surface area contributed by atoms with E-state index in [1.54, 1.807) is 0 Å². The van der Waals surface area contributed by atoms with Crippen LogP contribution in [0.15, 0.2) is 22.7 Å². The van der Waals surface area contributed by atoms with Gasteiger partial charge in [0.2, 0.25) is 0 Å². The highest BCUT2D eigenvalue weighted by molar-refractivity contribution is 9.10. The van der Waals surface area contributed by atoms with E-state index in [-0.39, 0.29) is 0 Å². The molecule has 0 radical (unpaired) electrons. The monoisotopic (exact) mass is 329 g/mol. The molecular weight excluding hydrogens is 310 g/mol. The maximum Gasteiger partial charge on any atom is 0.0465 e. The molecule has 1 fully saturated rings. The van der Waals surface area contributed by atoms with Gasteiger partial charge < -0.3 is 5.32 Å². The fourth-order valence-corrected chi connectivity index (χ4v) is 3.81. The Balaban J connectivity index is 2.17. The lowest BCUT2D eigenvalue weighted by molar-refractivity contribution is 0.238. The van der Waals surface area contributed by atoms with E-state index in [1.165, 1.54) is 31.2 Å². The predicted molar refractivity (Wildman–Crippen MR) is 82.1 cm³/mol. The Morgan fingerprint density at radius 1 is 1.28 bits per heavy atom. The molecule has 0 spiro atoms. The third-order valence-corrected chi connectivity index (χ3v) is 4.96. The van der Waals surface area contributed by atoms with E-state index in [9.17, 15) is 0 Å². The number of hydrogen-bond acceptors (Lipinski definition) is 1. The van der Waals surface area contributed by atoms with Gasteiger partial charge >= 0.3 is 0 Å². The molecule has 3 heteroatoms. The van der Waals surface area contributed by atoms with Gasteiger partial charge in [-0.2, -0.15) is 0 Å². The average molecular weight is 331 g/mol. The molecule has 1 nitrogen and oxygen atoms in total. The summed E-state index contributed by atoms with van der Waals surface area (Å²) in [6.07, 6.45) is 5.30. The van der Waals surface area contributed by atoms with Gasteiger partial charge in [-0.15, -0.1) is 0 Å². The third kappa shape index (κ3) is 3.28. The van der Waals surface area contributed by atoms with Crippen LogP contribution >= 0.6 is 27.5 Å². The Kier molecular flexibility index (Phi) is 5.11. The van der Waals surface area contributed by atoms with Gasteiger partial charge in [0.15, 0.2) is 0 Å². The lowest BCUT2D eigenvalue weighted by Crippen LogP contribution is -2.28. The van der Waals surface area contributed by atoms with Gasteiger partial charge in [-0.1, -0.05) is 53.4 Å². The Hall–Kier alpha value is -0.0500. The Morgan fingerprint density at radius 2 is 1.94 bits per heavy atom. The van der Waals surface area contributed by atoms with E-state index in [2.05, 4.69) is 40.3 Å². The molecule has 1 aromatic rings. The molecule has 2 rings (SSSR count). The molecule has 0 saturated heterocycles. The summed E-state index contributed by atoms with van der Waals surface area (Å²) >= 11 is 9.85. The predicted octanol–water partition coefficient (Wildman–Crippen LogP) is 5.19. The molecule has 0 aromatic heterocycles. The van der Waals surface area contributed by atoms with Crippen molar-refractivity contribution in [1.29, 1.82) is 0 Å². The van der Waals surface area contributed by atoms with Crippen LogP contribution in [-0.4, -0.2) is 7.05 Å². The molecule has 1 aromatic carbocycles. The molecule has 1 unspecified atom stereocenters. The van der Waals surface area contributed by atoms with Crippen molar-refractivity contribution in [2.75, 3.05) is 7.05 Å². The van der Waals surface area contributed by atoms with E-state index >= 15 is 0 Å². The maximum atomic E-state index is 6.38. The zero-order chi connectivity index (χ0) is 13.1. The second-order valence-electron chi connectivity index (χ2n) is 5.45. The van der Waals surface area contributed by atoms with Crippen LogP contribution in [0.5, 0.6) is 0 Å². The van der Waals surface area contributed by atoms with E-state index in [0.29, 0.717) is 12.0 Å². The highest BCUT2D eigenvalue weighted by Crippen LogP contribution is 2.39. The zero-order valence-corrected chi connectivity index (χ0v) is 13.4. The van der Waals surface area contributed by atoms with E-state index in [1.807, 2.05) is 13.1 Å². The van der Waals surface area contributed by atoms with E-state index in [4.69, 9.17) is 11.6 Å². The first kappa shape index (κ1) is 14.4. The lowest BCUT2D eigenvalue weighted by Gasteiger charge is -2.33. The van der Waals surface area contributed by atoms with Crippen molar-refractivity contribution >= 4 is 27.5 Å². The first-order valence-electron chi connectivity index (χ1n) is 6.74. The topological polar surface area (TPSA) is 12.0 Å². The summed E-state index contributed by atoms with van der Waals surface area (Å²) in [6, 6.07) is 6.60. The number of hydrogen-bond donors (Lipinski definition) is 1. The normalized spacial score (nSPS) is 26.0. The van der Waals surface area contributed by atoms with Crippen LogP contribution in [0.1, 0.15) is 44.2 Å². The van der Waals surface area contributed by atoms with Crippen molar-refractivity contribution in [3.05, 3.63) is 33.3 Å². The number of benzene rings is 1. The van der Waals surface area contributed by atoms with E-state index in [0.717, 1.165) is 15.4 Å². The molecule has 1 atom stereocenters. The molecule has 0 aliphatic heterocycles. The summed E-state index contributed by atoms with van der Waals surface area (Å²) in [4.78, 5) is 0. The third-order valence-electron chi connectivity index (χ3n) is 4.14. The summed E-state index contributed by atoms with van der Waals surface area (Å²) in [6.45, 7) is 2.36. The molecule has 100 valence electrons. The minimum absolute atomic E-state index is 0.387. The number of rotatable bonds is 3. The fourth-order valence-electron chi connectivity index (χ4n) is 3.02. The molecule has 0 heterocycles. The summed E-state index contributed by atoms with van der Waals surface area (Å²) in [5, 5.41) is 4.33. The number of halogens is 2. The summed E-state index contributed by atoms with van der Waals surface area (Å²) in [7, 11) is 2.04. The Morgan fingerprint density at radius 3 is 2.50 bits per heavy atom. The SMILES string of the molecule is CNC(c1ccc(Br)cc1Cl)C1CCC(C)CC1. The summed E-state index contributed by atoms with van der Waals surface area (Å²) in [5.41, 5.74) is 1.24. The van der Waals surface area contributed by atoms with Crippen LogP contribution in [0, 0.1) is 11.8 Å². The molecule has 1 aliphatic rings. The molecule has 1 saturated carbocycles. The second-order valence-corrected chi connectivity index (χ2v) is 6.78. The summed E-state index contributed by atoms with van der Waals surface area (Å²) in [5.74, 6) is 1.60. The fraction of sp³-hybridized carbons (Fsp3) is 0.600. The molecule has 0 bridgehead atoms. The van der Waals surface area contributed by atoms with Crippen molar-refractivity contribution in [3.63, 3.8) is 0 Å². The van der Waals surface area contributed by atoms with Crippen LogP contribution in [0.4, 0.5) is 0 Å². The lowest BCUT2D eigenvalue weighted by atomic mass is 9.77. The highest BCUT2D eigenvalue weighted by Gasteiger charge is 2.27. The minimum Gasteiger partial charge on any atom is -0.313 e. The molecule has 18 heavy (non-hydrogen) atoms. The van der Waals surface area contributed by atoms with Gasteiger partial charge in [0.05, 0.1) is 0 Å². The first-order valence-corrected chi connectivity index (χ1v) is 7.91. The highest BCUT2D eigenvalue weighted by atomic mass is 79.9. The van der Waals surface area contributed by atoms with Crippen LogP contribution in [0.3, 0.4) is 0 Å². The first-order chi connectivity index (χ1) is 8.61. The Bertz CT molecular complexity index is 399. The molecule has 1 aliphatic carbocycles. The van der Waals surface area contributed by atoms with Crippen LogP contribution in [0.25, 0.3) is 0 Å². The van der Waals surface area contributed by atoms with Crippen molar-refractivity contribution in [3.8, 4) is 0 Å². The van der Waals surface area contributed by atoms with Crippen molar-refractivity contribution < 1.29 is 0 Å². The second kappa shape index (κ2) is 6.40. The van der Waals surface area contributed by atoms with Gasteiger partial charge in [0.1, 0.15) is 0 Å². The van der Waals surface area contributed by atoms with Gasteiger partial charge in [-0.05, 0) is 49.4 Å². The van der Waals surface area contributed by atoms with Gasteiger partial charge in [-0.25, -0.2) is 0 Å². The van der Waals surface area contributed by atoms with Crippen LogP contribution < -0.4 is 5.32 Å².